The van der Waals surface area contributed by atoms with Crippen molar-refractivity contribution in [3.05, 3.63) is 0 Å². The van der Waals surface area contributed by atoms with Crippen molar-refractivity contribution in [2.45, 2.75) is 49.8 Å². The molecule has 88 valence electrons. The molecular weight excluding hydrogens is 278 g/mol. The van der Waals surface area contributed by atoms with Crippen molar-refractivity contribution in [3.8, 4) is 0 Å². The van der Waals surface area contributed by atoms with Crippen molar-refractivity contribution in [1.82, 2.24) is 4.31 Å². The van der Waals surface area contributed by atoms with Gasteiger partial charge in [0.2, 0.25) is 10.0 Å². The Morgan fingerprint density at radius 3 is 2.60 bits per heavy atom. The van der Waals surface area contributed by atoms with Crippen LogP contribution in [0.5, 0.6) is 0 Å². The van der Waals surface area contributed by atoms with Gasteiger partial charge < -0.3 is 0 Å². The molecule has 0 N–H and O–H groups in total. The molecule has 1 atom stereocenters. The first-order valence-electron chi connectivity index (χ1n) is 5.73. The van der Waals surface area contributed by atoms with Crippen LogP contribution in [0.4, 0.5) is 0 Å². The third kappa shape index (κ3) is 2.56. The number of nitrogens with zero attached hydrogens (tertiary/aromatic N) is 1. The predicted molar refractivity (Wildman–Crippen MR) is 64.7 cm³/mol. The Hall–Kier alpha value is 0.390. The smallest absolute Gasteiger partial charge is 0.212 e. The fraction of sp³-hybridized carbons (Fsp3) is 1.00. The van der Waals surface area contributed by atoms with Gasteiger partial charge in [-0.25, -0.2) is 8.42 Å². The number of hydrogen-bond donors (Lipinski definition) is 0. The zero-order valence-electron chi connectivity index (χ0n) is 8.86. The van der Waals surface area contributed by atoms with E-state index in [0.29, 0.717) is 0 Å². The van der Waals surface area contributed by atoms with Crippen LogP contribution in [0.1, 0.15) is 38.5 Å². The fourth-order valence-corrected chi connectivity index (χ4v) is 4.75. The van der Waals surface area contributed by atoms with Gasteiger partial charge in [-0.3, -0.25) is 0 Å². The average Bonchev–Trinajstić information content (AvgIpc) is 2.95. The van der Waals surface area contributed by atoms with Crippen LogP contribution in [0.3, 0.4) is 0 Å². The Balaban J connectivity index is 2.00. The molecular formula is C10H18BrNO2S. The van der Waals surface area contributed by atoms with Gasteiger partial charge in [0, 0.05) is 17.9 Å². The van der Waals surface area contributed by atoms with Crippen molar-refractivity contribution in [3.63, 3.8) is 0 Å². The summed E-state index contributed by atoms with van der Waals surface area (Å²) in [6, 6.07) is 0.285. The molecule has 1 saturated carbocycles. The molecule has 2 fully saturated rings. The lowest BCUT2D eigenvalue weighted by Crippen LogP contribution is -2.37. The highest BCUT2D eigenvalue weighted by Gasteiger charge is 2.43. The van der Waals surface area contributed by atoms with Crippen molar-refractivity contribution in [1.29, 1.82) is 0 Å². The lowest BCUT2D eigenvalue weighted by molar-refractivity contribution is 0.368. The van der Waals surface area contributed by atoms with Gasteiger partial charge in [-0.05, 0) is 38.5 Å². The highest BCUT2D eigenvalue weighted by atomic mass is 79.9. The molecule has 1 aliphatic heterocycles. The molecule has 0 spiro atoms. The summed E-state index contributed by atoms with van der Waals surface area (Å²) < 4.78 is 26.0. The maximum Gasteiger partial charge on any atom is 0.217 e. The summed E-state index contributed by atoms with van der Waals surface area (Å²) >= 11 is 3.40. The highest BCUT2D eigenvalue weighted by molar-refractivity contribution is 9.09. The van der Waals surface area contributed by atoms with Gasteiger partial charge in [-0.1, -0.05) is 15.9 Å². The number of alkyl halides is 1. The minimum Gasteiger partial charge on any atom is -0.212 e. The summed E-state index contributed by atoms with van der Waals surface area (Å²) in [5.41, 5.74) is 0. The van der Waals surface area contributed by atoms with Crippen molar-refractivity contribution >= 4 is 26.0 Å². The number of halogens is 1. The van der Waals surface area contributed by atoms with Crippen molar-refractivity contribution in [2.75, 3.05) is 11.9 Å². The van der Waals surface area contributed by atoms with Gasteiger partial charge in [0.05, 0.1) is 5.25 Å². The largest absolute Gasteiger partial charge is 0.217 e. The van der Waals surface area contributed by atoms with E-state index in [1.54, 1.807) is 4.31 Å². The van der Waals surface area contributed by atoms with E-state index in [1.165, 1.54) is 0 Å². The molecule has 0 aromatic rings. The van der Waals surface area contributed by atoms with Gasteiger partial charge in [-0.15, -0.1) is 0 Å². The normalized spacial score (nSPS) is 28.5. The summed E-state index contributed by atoms with van der Waals surface area (Å²) in [7, 11) is -2.93. The number of rotatable bonds is 5. The molecule has 3 nitrogen and oxygen atoms in total. The Morgan fingerprint density at radius 1 is 1.27 bits per heavy atom. The van der Waals surface area contributed by atoms with Crippen molar-refractivity contribution in [2.24, 2.45) is 0 Å². The third-order valence-corrected chi connectivity index (χ3v) is 6.28. The lowest BCUT2D eigenvalue weighted by Gasteiger charge is -2.23. The van der Waals surface area contributed by atoms with Crippen LogP contribution in [0, 0.1) is 0 Å². The second kappa shape index (κ2) is 4.72. The molecule has 2 rings (SSSR count). The maximum absolute atomic E-state index is 12.1. The van der Waals surface area contributed by atoms with E-state index >= 15 is 0 Å². The molecule has 0 bridgehead atoms. The third-order valence-electron chi connectivity index (χ3n) is 3.27. The second-order valence-electron chi connectivity index (χ2n) is 4.48. The van der Waals surface area contributed by atoms with Gasteiger partial charge >= 0.3 is 0 Å². The SMILES string of the molecule is O=S(=O)(C1CC1)N1CCCC1CCCBr. The van der Waals surface area contributed by atoms with Crippen LogP contribution in [-0.4, -0.2) is 35.9 Å². The topological polar surface area (TPSA) is 37.4 Å². The van der Waals surface area contributed by atoms with E-state index in [1.807, 2.05) is 0 Å². The summed E-state index contributed by atoms with van der Waals surface area (Å²) in [6.07, 6.45) is 5.93. The van der Waals surface area contributed by atoms with E-state index in [4.69, 9.17) is 0 Å². The van der Waals surface area contributed by atoms with Gasteiger partial charge in [0.1, 0.15) is 0 Å². The lowest BCUT2D eigenvalue weighted by atomic mass is 10.1. The molecule has 15 heavy (non-hydrogen) atoms. The molecule has 1 aliphatic carbocycles. The van der Waals surface area contributed by atoms with E-state index in [2.05, 4.69) is 15.9 Å². The molecule has 0 radical (unpaired) electrons. The summed E-state index contributed by atoms with van der Waals surface area (Å²) in [5.74, 6) is 0. The quantitative estimate of drug-likeness (QED) is 0.729. The molecule has 0 amide bonds. The van der Waals surface area contributed by atoms with E-state index in [9.17, 15) is 8.42 Å². The van der Waals surface area contributed by atoms with Crippen LogP contribution in [0.15, 0.2) is 0 Å². The van der Waals surface area contributed by atoms with Crippen LogP contribution in [0.25, 0.3) is 0 Å². The second-order valence-corrected chi connectivity index (χ2v) is 7.44. The van der Waals surface area contributed by atoms with Gasteiger partial charge in [0.25, 0.3) is 0 Å². The van der Waals surface area contributed by atoms with Gasteiger partial charge in [0.15, 0.2) is 0 Å². The minimum absolute atomic E-state index is 0.0397. The van der Waals surface area contributed by atoms with Crippen LogP contribution in [0.2, 0.25) is 0 Å². The molecule has 1 unspecified atom stereocenters. The van der Waals surface area contributed by atoms with Crippen LogP contribution >= 0.6 is 15.9 Å². The molecule has 0 aromatic heterocycles. The summed E-state index contributed by atoms with van der Waals surface area (Å²) in [6.45, 7) is 0.756. The fourth-order valence-electron chi connectivity index (χ4n) is 2.30. The molecule has 1 saturated heterocycles. The van der Waals surface area contributed by atoms with Crippen LogP contribution in [-0.2, 0) is 10.0 Å². The Bertz CT molecular complexity index is 313. The summed E-state index contributed by atoms with van der Waals surface area (Å²) in [5, 5.41) is 0.933. The summed E-state index contributed by atoms with van der Waals surface area (Å²) in [4.78, 5) is 0. The first kappa shape index (κ1) is 11.9. The monoisotopic (exact) mass is 295 g/mol. The Kier molecular flexibility index (Phi) is 3.73. The first-order valence-corrected chi connectivity index (χ1v) is 8.35. The molecule has 5 heteroatoms. The average molecular weight is 296 g/mol. The van der Waals surface area contributed by atoms with Gasteiger partial charge in [-0.2, -0.15) is 4.31 Å². The molecule has 2 aliphatic rings. The van der Waals surface area contributed by atoms with Crippen LogP contribution < -0.4 is 0 Å². The molecule has 1 heterocycles. The zero-order valence-corrected chi connectivity index (χ0v) is 11.3. The molecule has 0 aromatic carbocycles. The standard InChI is InChI=1S/C10H18BrNO2S/c11-7-1-3-9-4-2-8-12(9)15(13,14)10-5-6-10/h9-10H,1-8H2. The van der Waals surface area contributed by atoms with E-state index in [0.717, 1.165) is 50.4 Å². The highest BCUT2D eigenvalue weighted by Crippen LogP contribution is 2.35. The number of sulfonamides is 1. The minimum atomic E-state index is -2.93. The maximum atomic E-state index is 12.1. The van der Waals surface area contributed by atoms with Crippen molar-refractivity contribution < 1.29 is 8.42 Å². The first-order chi connectivity index (χ1) is 7.16. The zero-order chi connectivity index (χ0) is 10.9. The number of hydrogen-bond acceptors (Lipinski definition) is 2. The Labute approximate surface area is 100 Å². The van der Waals surface area contributed by atoms with E-state index < -0.39 is 10.0 Å². The Morgan fingerprint density at radius 2 is 2.00 bits per heavy atom. The van der Waals surface area contributed by atoms with E-state index in [-0.39, 0.29) is 11.3 Å². The predicted octanol–water partition coefficient (Wildman–Crippen LogP) is 2.12.